The van der Waals surface area contributed by atoms with Gasteiger partial charge < -0.3 is 4.90 Å². The third-order valence-corrected chi connectivity index (χ3v) is 5.56. The third kappa shape index (κ3) is 3.27. The van der Waals surface area contributed by atoms with Gasteiger partial charge in [0.15, 0.2) is 0 Å². The molecule has 0 aromatic heterocycles. The molecule has 4 rings (SSSR count). The number of rotatable bonds is 4. The first-order chi connectivity index (χ1) is 14.4. The van der Waals surface area contributed by atoms with Crippen LogP contribution in [0.2, 0.25) is 5.02 Å². The number of nitrogens with zero attached hydrogens (tertiary/aromatic N) is 2. The summed E-state index contributed by atoms with van der Waals surface area (Å²) in [6.07, 6.45) is 0. The van der Waals surface area contributed by atoms with E-state index in [4.69, 9.17) is 11.6 Å². The number of hydrogen-bond donors (Lipinski definition) is 0. The number of carbonyl (C=O) groups excluding carboxylic acids is 2. The Labute approximate surface area is 178 Å². The molecule has 0 N–H and O–H groups in total. The van der Waals surface area contributed by atoms with Crippen LogP contribution in [0.5, 0.6) is 0 Å². The number of benzene rings is 3. The molecule has 1 aliphatic rings. The van der Waals surface area contributed by atoms with Gasteiger partial charge in [-0.15, -0.1) is 0 Å². The van der Waals surface area contributed by atoms with Crippen LogP contribution >= 0.6 is 11.6 Å². The fourth-order valence-corrected chi connectivity index (χ4v) is 3.71. The van der Waals surface area contributed by atoms with Gasteiger partial charge in [-0.2, -0.15) is 0 Å². The molecule has 150 valence electrons. The average Bonchev–Trinajstić information content (AvgIpc) is 3.01. The summed E-state index contributed by atoms with van der Waals surface area (Å²) in [6, 6.07) is 19.9. The summed E-state index contributed by atoms with van der Waals surface area (Å²) in [5, 5.41) is 0.460. The van der Waals surface area contributed by atoms with E-state index in [1.165, 1.54) is 24.3 Å². The smallest absolute Gasteiger partial charge is 0.282 e. The average molecular weight is 421 g/mol. The largest absolute Gasteiger partial charge is 0.339 e. The molecule has 3 aromatic carbocycles. The van der Waals surface area contributed by atoms with E-state index < -0.39 is 17.6 Å². The standard InChI is InChI=1S/C24H18ClFN2O2/c1-15-19(25)9-6-10-20(15)28-23(29)21(16-11-13-17(26)14-12-16)22(24(28)30)27(2)18-7-4-3-5-8-18/h3-14H,1-2H3. The Morgan fingerprint density at radius 2 is 1.53 bits per heavy atom. The van der Waals surface area contributed by atoms with Gasteiger partial charge in [0.2, 0.25) is 0 Å². The molecule has 0 bridgehead atoms. The van der Waals surface area contributed by atoms with E-state index in [0.29, 0.717) is 21.8 Å². The first-order valence-electron chi connectivity index (χ1n) is 9.33. The minimum atomic E-state index is -0.477. The summed E-state index contributed by atoms with van der Waals surface area (Å²) in [4.78, 5) is 29.8. The summed E-state index contributed by atoms with van der Waals surface area (Å²) in [5.74, 6) is -1.36. The number of halogens is 2. The van der Waals surface area contributed by atoms with Gasteiger partial charge in [0.05, 0.1) is 11.3 Å². The van der Waals surface area contributed by atoms with Gasteiger partial charge >= 0.3 is 0 Å². The quantitative estimate of drug-likeness (QED) is 0.544. The van der Waals surface area contributed by atoms with Gasteiger partial charge in [0.1, 0.15) is 11.5 Å². The molecule has 2 amide bonds. The zero-order valence-electron chi connectivity index (χ0n) is 16.4. The lowest BCUT2D eigenvalue weighted by Gasteiger charge is -2.22. The molecular formula is C24H18ClFN2O2. The van der Waals surface area contributed by atoms with Gasteiger partial charge in [-0.1, -0.05) is 48.0 Å². The van der Waals surface area contributed by atoms with E-state index in [-0.39, 0.29) is 11.3 Å². The van der Waals surface area contributed by atoms with Crippen molar-refractivity contribution in [2.75, 3.05) is 16.8 Å². The topological polar surface area (TPSA) is 40.6 Å². The summed E-state index contributed by atoms with van der Waals surface area (Å²) in [6.45, 7) is 1.76. The van der Waals surface area contributed by atoms with Gasteiger partial charge in [0.25, 0.3) is 11.8 Å². The van der Waals surface area contributed by atoms with Crippen LogP contribution in [0.25, 0.3) is 5.57 Å². The second-order valence-corrected chi connectivity index (χ2v) is 7.36. The van der Waals surface area contributed by atoms with Gasteiger partial charge in [-0.3, -0.25) is 9.59 Å². The van der Waals surface area contributed by atoms with Crippen molar-refractivity contribution in [2.45, 2.75) is 6.92 Å². The Morgan fingerprint density at radius 1 is 0.867 bits per heavy atom. The van der Waals surface area contributed by atoms with Crippen LogP contribution in [0.4, 0.5) is 15.8 Å². The molecule has 0 unspecified atom stereocenters. The molecule has 6 heteroatoms. The van der Waals surface area contributed by atoms with Crippen molar-refractivity contribution < 1.29 is 14.0 Å². The van der Waals surface area contributed by atoms with E-state index >= 15 is 0 Å². The second kappa shape index (κ2) is 7.76. The summed E-state index contributed by atoms with van der Waals surface area (Å²) >= 11 is 6.24. The Bertz CT molecular complexity index is 1170. The minimum absolute atomic E-state index is 0.214. The van der Waals surface area contributed by atoms with E-state index in [1.54, 1.807) is 37.1 Å². The number of likely N-dealkylation sites (N-methyl/N-ethyl adjacent to an activating group) is 1. The highest BCUT2D eigenvalue weighted by Gasteiger charge is 2.42. The summed E-state index contributed by atoms with van der Waals surface area (Å²) in [5.41, 5.74) is 2.70. The molecule has 0 aliphatic carbocycles. The maximum Gasteiger partial charge on any atom is 0.282 e. The normalized spacial score (nSPS) is 13.9. The predicted molar refractivity (Wildman–Crippen MR) is 117 cm³/mol. The van der Waals surface area contributed by atoms with Crippen LogP contribution in [0.1, 0.15) is 11.1 Å². The van der Waals surface area contributed by atoms with E-state index in [9.17, 15) is 14.0 Å². The highest BCUT2D eigenvalue weighted by molar-refractivity contribution is 6.46. The van der Waals surface area contributed by atoms with Crippen LogP contribution in [0.15, 0.2) is 78.5 Å². The molecule has 3 aromatic rings. The number of imide groups is 1. The third-order valence-electron chi connectivity index (χ3n) is 5.15. The number of para-hydroxylation sites is 1. The number of hydrogen-bond acceptors (Lipinski definition) is 3. The number of anilines is 2. The lowest BCUT2D eigenvalue weighted by Crippen LogP contribution is -2.34. The number of amides is 2. The van der Waals surface area contributed by atoms with Crippen molar-refractivity contribution in [3.8, 4) is 0 Å². The highest BCUT2D eigenvalue weighted by Crippen LogP contribution is 2.38. The fraction of sp³-hybridized carbons (Fsp3) is 0.0833. The highest BCUT2D eigenvalue weighted by atomic mass is 35.5. The van der Waals surface area contributed by atoms with Crippen molar-refractivity contribution in [1.82, 2.24) is 0 Å². The number of carbonyl (C=O) groups is 2. The van der Waals surface area contributed by atoms with E-state index in [1.807, 2.05) is 30.3 Å². The van der Waals surface area contributed by atoms with Crippen molar-refractivity contribution in [2.24, 2.45) is 0 Å². The molecule has 0 fully saturated rings. The predicted octanol–water partition coefficient (Wildman–Crippen LogP) is 5.21. The molecule has 1 heterocycles. The Kier molecular flexibility index (Phi) is 5.14. The SMILES string of the molecule is Cc1c(Cl)cccc1N1C(=O)C(c2ccc(F)cc2)=C(N(C)c2ccccc2)C1=O. The Balaban J connectivity index is 1.91. The summed E-state index contributed by atoms with van der Waals surface area (Å²) < 4.78 is 13.5. The first kappa shape index (κ1) is 19.9. The molecule has 0 radical (unpaired) electrons. The molecular weight excluding hydrogens is 403 g/mol. The fourth-order valence-electron chi connectivity index (χ4n) is 3.54. The first-order valence-corrected chi connectivity index (χ1v) is 9.71. The summed E-state index contributed by atoms with van der Waals surface area (Å²) in [7, 11) is 1.73. The molecule has 4 nitrogen and oxygen atoms in total. The molecule has 30 heavy (non-hydrogen) atoms. The van der Waals surface area contributed by atoms with Gasteiger partial charge in [0, 0.05) is 17.8 Å². The van der Waals surface area contributed by atoms with Crippen molar-refractivity contribution in [1.29, 1.82) is 0 Å². The van der Waals surface area contributed by atoms with E-state index in [2.05, 4.69) is 0 Å². The second-order valence-electron chi connectivity index (χ2n) is 6.95. The molecule has 0 saturated heterocycles. The Morgan fingerprint density at radius 3 is 2.20 bits per heavy atom. The van der Waals surface area contributed by atoms with E-state index in [0.717, 1.165) is 10.6 Å². The maximum atomic E-state index is 13.5. The Hall–Kier alpha value is -3.44. The monoisotopic (exact) mass is 420 g/mol. The zero-order chi connectivity index (χ0) is 21.4. The maximum absolute atomic E-state index is 13.5. The lowest BCUT2D eigenvalue weighted by molar-refractivity contribution is -0.120. The van der Waals surface area contributed by atoms with Crippen LogP contribution in [0, 0.1) is 12.7 Å². The minimum Gasteiger partial charge on any atom is -0.339 e. The van der Waals surface area contributed by atoms with Crippen LogP contribution in [0.3, 0.4) is 0 Å². The van der Waals surface area contributed by atoms with Crippen molar-refractivity contribution >= 4 is 40.4 Å². The molecule has 0 atom stereocenters. The van der Waals surface area contributed by atoms with Gasteiger partial charge in [-0.05, 0) is 54.4 Å². The lowest BCUT2D eigenvalue weighted by atomic mass is 10.0. The van der Waals surface area contributed by atoms with Crippen LogP contribution in [-0.2, 0) is 9.59 Å². The van der Waals surface area contributed by atoms with Crippen molar-refractivity contribution in [3.63, 3.8) is 0 Å². The van der Waals surface area contributed by atoms with Crippen LogP contribution in [-0.4, -0.2) is 18.9 Å². The molecule has 1 aliphatic heterocycles. The zero-order valence-corrected chi connectivity index (χ0v) is 17.2. The van der Waals surface area contributed by atoms with Gasteiger partial charge in [-0.25, -0.2) is 9.29 Å². The van der Waals surface area contributed by atoms with Crippen LogP contribution < -0.4 is 9.80 Å². The molecule has 0 saturated carbocycles. The van der Waals surface area contributed by atoms with Crippen molar-refractivity contribution in [3.05, 3.63) is 100 Å². The molecule has 0 spiro atoms.